The van der Waals surface area contributed by atoms with Crippen LogP contribution in [0.1, 0.15) is 51.9 Å². The molecule has 0 aliphatic rings. The van der Waals surface area contributed by atoms with Gasteiger partial charge in [0.1, 0.15) is 0 Å². The Labute approximate surface area is 152 Å². The van der Waals surface area contributed by atoms with Crippen molar-refractivity contribution >= 4 is 16.1 Å². The van der Waals surface area contributed by atoms with Gasteiger partial charge in [-0.3, -0.25) is 4.79 Å². The average Bonchev–Trinajstić information content (AvgIpc) is 2.23. The van der Waals surface area contributed by atoms with Gasteiger partial charge in [-0.1, -0.05) is 32.6 Å². The molecule has 0 rings (SSSR count). The van der Waals surface area contributed by atoms with Crippen LogP contribution in [0, 0.1) is 0 Å². The summed E-state index contributed by atoms with van der Waals surface area (Å²) in [5, 5.41) is 0. The van der Waals surface area contributed by atoms with Gasteiger partial charge in [0.05, 0.1) is 16.7 Å². The SMILES string of the molecule is CCCCCCCC(=O)OCCCS(=O)(=O)[O-].[K+]. The molecule has 0 fully saturated rings. The van der Waals surface area contributed by atoms with Crippen molar-refractivity contribution in [2.24, 2.45) is 0 Å². The van der Waals surface area contributed by atoms with Gasteiger partial charge in [0, 0.05) is 12.2 Å². The molecule has 0 radical (unpaired) electrons. The van der Waals surface area contributed by atoms with E-state index in [1.807, 2.05) is 0 Å². The minimum Gasteiger partial charge on any atom is -0.748 e. The third-order valence-corrected chi connectivity index (χ3v) is 3.07. The first-order chi connectivity index (χ1) is 7.95. The maximum atomic E-state index is 11.2. The van der Waals surface area contributed by atoms with Gasteiger partial charge in [-0.2, -0.15) is 0 Å². The van der Waals surface area contributed by atoms with Crippen molar-refractivity contribution in [1.29, 1.82) is 0 Å². The van der Waals surface area contributed by atoms with Crippen molar-refractivity contribution in [1.82, 2.24) is 0 Å². The van der Waals surface area contributed by atoms with E-state index >= 15 is 0 Å². The maximum absolute atomic E-state index is 11.2. The van der Waals surface area contributed by atoms with E-state index in [0.29, 0.717) is 6.42 Å². The molecule has 0 aromatic heterocycles. The number of ether oxygens (including phenoxy) is 1. The van der Waals surface area contributed by atoms with Crippen LogP contribution in [0.25, 0.3) is 0 Å². The van der Waals surface area contributed by atoms with E-state index in [4.69, 9.17) is 4.74 Å². The van der Waals surface area contributed by atoms with E-state index in [2.05, 4.69) is 6.92 Å². The molecule has 7 heteroatoms. The van der Waals surface area contributed by atoms with Gasteiger partial charge in [-0.25, -0.2) is 8.42 Å². The number of hydrogen-bond acceptors (Lipinski definition) is 5. The molecule has 0 saturated carbocycles. The van der Waals surface area contributed by atoms with E-state index < -0.39 is 15.9 Å². The topological polar surface area (TPSA) is 83.5 Å². The van der Waals surface area contributed by atoms with Crippen LogP contribution in [-0.4, -0.2) is 31.3 Å². The molecule has 0 atom stereocenters. The molecule has 0 spiro atoms. The Balaban J connectivity index is 0. The van der Waals surface area contributed by atoms with Crippen LogP contribution in [-0.2, 0) is 19.6 Å². The zero-order chi connectivity index (χ0) is 13.1. The fourth-order valence-corrected chi connectivity index (χ4v) is 1.84. The zero-order valence-electron chi connectivity index (χ0n) is 11.3. The summed E-state index contributed by atoms with van der Waals surface area (Å²) in [6.07, 6.45) is 5.72. The molecule has 0 aliphatic carbocycles. The van der Waals surface area contributed by atoms with Gasteiger partial charge >= 0.3 is 57.4 Å². The van der Waals surface area contributed by atoms with Crippen LogP contribution >= 0.6 is 0 Å². The third-order valence-electron chi connectivity index (χ3n) is 2.29. The minimum absolute atomic E-state index is 0. The Morgan fingerprint density at radius 3 is 2.28 bits per heavy atom. The molecular formula is C11H21KO5S. The van der Waals surface area contributed by atoms with E-state index in [1.54, 1.807) is 0 Å². The molecule has 0 saturated heterocycles. The molecule has 102 valence electrons. The summed E-state index contributed by atoms with van der Waals surface area (Å²) in [6.45, 7) is 2.13. The number of hydrogen-bond donors (Lipinski definition) is 0. The number of esters is 1. The van der Waals surface area contributed by atoms with Crippen molar-refractivity contribution in [3.05, 3.63) is 0 Å². The summed E-state index contributed by atoms with van der Waals surface area (Å²) < 4.78 is 35.6. The molecule has 0 heterocycles. The summed E-state index contributed by atoms with van der Waals surface area (Å²) in [5.74, 6) is -0.790. The molecule has 0 aromatic carbocycles. The van der Waals surface area contributed by atoms with Gasteiger partial charge < -0.3 is 9.29 Å². The van der Waals surface area contributed by atoms with Crippen LogP contribution in [0.5, 0.6) is 0 Å². The second-order valence-corrected chi connectivity index (χ2v) is 5.52. The summed E-state index contributed by atoms with van der Waals surface area (Å²) >= 11 is 0. The van der Waals surface area contributed by atoms with Crippen LogP contribution in [0.3, 0.4) is 0 Å². The van der Waals surface area contributed by atoms with Crippen molar-refractivity contribution < 1.29 is 73.9 Å². The Bertz CT molecular complexity index is 303. The summed E-state index contributed by atoms with van der Waals surface area (Å²) in [4.78, 5) is 11.2. The molecule has 0 amide bonds. The molecule has 0 N–H and O–H groups in total. The van der Waals surface area contributed by atoms with E-state index in [9.17, 15) is 17.8 Å². The van der Waals surface area contributed by atoms with Crippen molar-refractivity contribution in [2.75, 3.05) is 12.4 Å². The second kappa shape index (κ2) is 13.0. The fourth-order valence-electron chi connectivity index (χ4n) is 1.37. The first kappa shape index (κ1) is 21.3. The molecule has 0 unspecified atom stereocenters. The second-order valence-electron chi connectivity index (χ2n) is 4.00. The smallest absolute Gasteiger partial charge is 0.748 e. The first-order valence-electron chi connectivity index (χ1n) is 6.05. The Morgan fingerprint density at radius 1 is 1.11 bits per heavy atom. The number of carbonyl (C=O) groups excluding carboxylic acids is 1. The monoisotopic (exact) mass is 304 g/mol. The van der Waals surface area contributed by atoms with Crippen molar-refractivity contribution in [3.63, 3.8) is 0 Å². The first-order valence-corrected chi connectivity index (χ1v) is 7.62. The van der Waals surface area contributed by atoms with Gasteiger partial charge in [0.15, 0.2) is 0 Å². The number of carbonyl (C=O) groups is 1. The van der Waals surface area contributed by atoms with Gasteiger partial charge in [0.2, 0.25) is 0 Å². The van der Waals surface area contributed by atoms with E-state index in [0.717, 1.165) is 25.7 Å². The summed E-state index contributed by atoms with van der Waals surface area (Å²) in [5.41, 5.74) is 0. The summed E-state index contributed by atoms with van der Waals surface area (Å²) in [6, 6.07) is 0. The third kappa shape index (κ3) is 17.0. The van der Waals surface area contributed by atoms with Gasteiger partial charge in [0.25, 0.3) is 0 Å². The van der Waals surface area contributed by atoms with Crippen LogP contribution in [0.4, 0.5) is 0 Å². The van der Waals surface area contributed by atoms with E-state index in [1.165, 1.54) is 6.42 Å². The van der Waals surface area contributed by atoms with Gasteiger partial charge in [-0.05, 0) is 12.8 Å². The molecule has 0 bridgehead atoms. The molecular weight excluding hydrogens is 283 g/mol. The van der Waals surface area contributed by atoms with Gasteiger partial charge in [-0.15, -0.1) is 0 Å². The molecule has 0 aromatic rings. The normalized spacial score (nSPS) is 10.8. The average molecular weight is 304 g/mol. The molecule has 5 nitrogen and oxygen atoms in total. The Kier molecular flexibility index (Phi) is 15.4. The fraction of sp³-hybridized carbons (Fsp3) is 0.909. The number of rotatable bonds is 10. The predicted octanol–water partition coefficient (Wildman–Crippen LogP) is -1.17. The quantitative estimate of drug-likeness (QED) is 0.220. The van der Waals surface area contributed by atoms with Crippen LogP contribution < -0.4 is 51.4 Å². The standard InChI is InChI=1S/C11H22O5S.K/c1-2-3-4-5-6-8-11(12)16-9-7-10-17(13,14)15;/h2-10H2,1H3,(H,13,14,15);/q;+1/p-1. The van der Waals surface area contributed by atoms with Crippen LogP contribution in [0.2, 0.25) is 0 Å². The Hall–Kier alpha value is 1.02. The summed E-state index contributed by atoms with van der Waals surface area (Å²) in [7, 11) is -4.19. The van der Waals surface area contributed by atoms with E-state index in [-0.39, 0.29) is 70.4 Å². The Morgan fingerprint density at radius 2 is 1.72 bits per heavy atom. The maximum Gasteiger partial charge on any atom is 1.00 e. The van der Waals surface area contributed by atoms with Crippen LogP contribution in [0.15, 0.2) is 0 Å². The largest absolute Gasteiger partial charge is 1.00 e. The molecule has 18 heavy (non-hydrogen) atoms. The number of unbranched alkanes of at least 4 members (excludes halogenated alkanes) is 4. The zero-order valence-corrected chi connectivity index (χ0v) is 15.3. The predicted molar refractivity (Wildman–Crippen MR) is 63.5 cm³/mol. The minimum atomic E-state index is -4.19. The van der Waals surface area contributed by atoms with Crippen molar-refractivity contribution in [3.8, 4) is 0 Å². The molecule has 0 aliphatic heterocycles. The van der Waals surface area contributed by atoms with Crippen molar-refractivity contribution in [2.45, 2.75) is 51.9 Å².